The molecular weight excluding hydrogens is 382 g/mol. The fourth-order valence-electron chi connectivity index (χ4n) is 1.66. The van der Waals surface area contributed by atoms with Gasteiger partial charge in [-0.05, 0) is 34.1 Å². The Morgan fingerprint density at radius 2 is 2.05 bits per heavy atom. The average molecular weight is 393 g/mol. The van der Waals surface area contributed by atoms with Crippen molar-refractivity contribution in [3.63, 3.8) is 0 Å². The molecule has 0 unspecified atom stereocenters. The number of carboxylic acid groups (broad SMARTS) is 1. The minimum atomic E-state index is -0.861. The highest BCUT2D eigenvalue weighted by Gasteiger charge is 2.35. The van der Waals surface area contributed by atoms with E-state index in [9.17, 15) is 9.59 Å². The molecule has 2 rings (SSSR count). The van der Waals surface area contributed by atoms with Gasteiger partial charge in [0.05, 0.1) is 10.4 Å². The summed E-state index contributed by atoms with van der Waals surface area (Å²) in [6, 6.07) is 5.39. The Kier molecular flexibility index (Phi) is 4.46. The zero-order valence-corrected chi connectivity index (χ0v) is 13.0. The highest BCUT2D eigenvalue weighted by Crippen LogP contribution is 2.28. The number of aliphatic carboxylic acids is 1. The van der Waals surface area contributed by atoms with E-state index in [4.69, 9.17) is 9.84 Å². The summed E-state index contributed by atoms with van der Waals surface area (Å²) in [4.78, 5) is 23.8. The van der Waals surface area contributed by atoms with Gasteiger partial charge in [0, 0.05) is 17.6 Å². The zero-order chi connectivity index (χ0) is 14.0. The molecule has 19 heavy (non-hydrogen) atoms. The summed E-state index contributed by atoms with van der Waals surface area (Å²) in [5.41, 5.74) is 0. The number of ether oxygens (including phenoxy) is 1. The van der Waals surface area contributed by atoms with E-state index in [1.807, 2.05) is 12.1 Å². The zero-order valence-electron chi connectivity index (χ0n) is 9.81. The fourth-order valence-corrected chi connectivity index (χ4v) is 2.82. The first kappa shape index (κ1) is 14.3. The van der Waals surface area contributed by atoms with Gasteiger partial charge in [0.25, 0.3) is 5.91 Å². The molecule has 0 atom stereocenters. The van der Waals surface area contributed by atoms with Crippen LogP contribution >= 0.6 is 31.9 Å². The van der Waals surface area contributed by atoms with Crippen LogP contribution in [0.15, 0.2) is 27.1 Å². The second-order valence-corrected chi connectivity index (χ2v) is 5.97. The summed E-state index contributed by atoms with van der Waals surface area (Å²) >= 11 is 6.66. The Morgan fingerprint density at radius 1 is 1.37 bits per heavy atom. The van der Waals surface area contributed by atoms with E-state index in [1.165, 1.54) is 4.90 Å². The van der Waals surface area contributed by atoms with Crippen LogP contribution in [0.2, 0.25) is 0 Å². The Balaban J connectivity index is 1.83. The molecule has 0 aliphatic carbocycles. The molecule has 0 saturated carbocycles. The second kappa shape index (κ2) is 5.92. The number of carbonyl (C=O) groups excluding carboxylic acids is 1. The SMILES string of the molecule is O=C(O)C1CN(C(=O)COc2ccc(Br)cc2Br)C1. The molecule has 1 N–H and O–H groups in total. The maximum Gasteiger partial charge on any atom is 0.310 e. The standard InChI is InChI=1S/C12H11Br2NO4/c13-8-1-2-10(9(14)3-8)19-6-11(16)15-4-7(5-15)12(17)18/h1-3,7H,4-6H2,(H,17,18). The summed E-state index contributed by atoms with van der Waals surface area (Å²) < 4.78 is 7.06. The maximum absolute atomic E-state index is 11.7. The van der Waals surface area contributed by atoms with Crippen molar-refractivity contribution in [2.75, 3.05) is 19.7 Å². The van der Waals surface area contributed by atoms with Crippen molar-refractivity contribution in [3.05, 3.63) is 27.1 Å². The molecule has 1 aromatic rings. The Bertz CT molecular complexity index is 514. The molecule has 102 valence electrons. The molecule has 1 aromatic carbocycles. The third-order valence-corrected chi connectivity index (χ3v) is 3.94. The van der Waals surface area contributed by atoms with E-state index >= 15 is 0 Å². The van der Waals surface area contributed by atoms with Gasteiger partial charge in [-0.15, -0.1) is 0 Å². The first-order valence-corrected chi connectivity index (χ1v) is 7.14. The Morgan fingerprint density at radius 3 is 2.63 bits per heavy atom. The Labute approximate surface area is 126 Å². The fraction of sp³-hybridized carbons (Fsp3) is 0.333. The van der Waals surface area contributed by atoms with Crippen LogP contribution in [0.25, 0.3) is 0 Å². The summed E-state index contributed by atoms with van der Waals surface area (Å²) in [5, 5.41) is 8.72. The van der Waals surface area contributed by atoms with Gasteiger partial charge in [0.15, 0.2) is 6.61 Å². The number of likely N-dealkylation sites (tertiary alicyclic amines) is 1. The number of hydrogen-bond acceptors (Lipinski definition) is 3. The third-order valence-electron chi connectivity index (χ3n) is 2.83. The lowest BCUT2D eigenvalue weighted by Crippen LogP contribution is -2.54. The molecule has 5 nitrogen and oxygen atoms in total. The van der Waals surface area contributed by atoms with Gasteiger partial charge in [-0.3, -0.25) is 9.59 Å². The highest BCUT2D eigenvalue weighted by atomic mass is 79.9. The number of carboxylic acids is 1. The smallest absolute Gasteiger partial charge is 0.310 e. The number of halogens is 2. The van der Waals surface area contributed by atoms with Crippen molar-refractivity contribution in [1.29, 1.82) is 0 Å². The average Bonchev–Trinajstić information content (AvgIpc) is 2.25. The molecule has 0 spiro atoms. The van der Waals surface area contributed by atoms with Gasteiger partial charge < -0.3 is 14.7 Å². The van der Waals surface area contributed by atoms with Crippen LogP contribution in [0.3, 0.4) is 0 Å². The van der Waals surface area contributed by atoms with E-state index in [0.717, 1.165) is 8.95 Å². The topological polar surface area (TPSA) is 66.8 Å². The normalized spacial score (nSPS) is 14.9. The molecule has 7 heteroatoms. The number of nitrogens with zero attached hydrogens (tertiary/aromatic N) is 1. The summed E-state index contributed by atoms with van der Waals surface area (Å²) in [6.45, 7) is 0.435. The van der Waals surface area contributed by atoms with Crippen LogP contribution in [-0.2, 0) is 9.59 Å². The van der Waals surface area contributed by atoms with Crippen LogP contribution in [0.4, 0.5) is 0 Å². The van der Waals surface area contributed by atoms with Gasteiger partial charge in [-0.2, -0.15) is 0 Å². The number of rotatable bonds is 4. The molecule has 1 aliphatic rings. The van der Waals surface area contributed by atoms with Crippen molar-refractivity contribution < 1.29 is 19.4 Å². The second-order valence-electron chi connectivity index (χ2n) is 4.20. The minimum Gasteiger partial charge on any atom is -0.483 e. The molecular formula is C12H11Br2NO4. The molecule has 1 saturated heterocycles. The molecule has 0 aromatic heterocycles. The highest BCUT2D eigenvalue weighted by molar-refractivity contribution is 9.11. The third kappa shape index (κ3) is 3.48. The molecule has 1 heterocycles. The van der Waals surface area contributed by atoms with E-state index in [0.29, 0.717) is 5.75 Å². The summed E-state index contributed by atoms with van der Waals surface area (Å²) in [7, 11) is 0. The summed E-state index contributed by atoms with van der Waals surface area (Å²) in [6.07, 6.45) is 0. The number of carbonyl (C=O) groups is 2. The molecule has 0 bridgehead atoms. The first-order chi connectivity index (χ1) is 8.97. The predicted molar refractivity (Wildman–Crippen MR) is 75.0 cm³/mol. The first-order valence-electron chi connectivity index (χ1n) is 5.56. The van der Waals surface area contributed by atoms with Gasteiger partial charge >= 0.3 is 5.97 Å². The van der Waals surface area contributed by atoms with Crippen molar-refractivity contribution >= 4 is 43.7 Å². The van der Waals surface area contributed by atoms with Crippen LogP contribution < -0.4 is 4.74 Å². The van der Waals surface area contributed by atoms with Crippen molar-refractivity contribution in [3.8, 4) is 5.75 Å². The van der Waals surface area contributed by atoms with Gasteiger partial charge in [0.1, 0.15) is 5.75 Å². The monoisotopic (exact) mass is 391 g/mol. The molecule has 1 amide bonds. The maximum atomic E-state index is 11.7. The van der Waals surface area contributed by atoms with Crippen molar-refractivity contribution in [2.24, 2.45) is 5.92 Å². The van der Waals surface area contributed by atoms with Crippen LogP contribution in [0, 0.1) is 5.92 Å². The van der Waals surface area contributed by atoms with Crippen LogP contribution in [-0.4, -0.2) is 41.6 Å². The van der Waals surface area contributed by atoms with Crippen LogP contribution in [0.5, 0.6) is 5.75 Å². The number of hydrogen-bond donors (Lipinski definition) is 1. The van der Waals surface area contributed by atoms with Crippen molar-refractivity contribution in [2.45, 2.75) is 0 Å². The van der Waals surface area contributed by atoms with Gasteiger partial charge in [-0.1, -0.05) is 15.9 Å². The molecule has 1 aliphatic heterocycles. The quantitative estimate of drug-likeness (QED) is 0.852. The lowest BCUT2D eigenvalue weighted by Gasteiger charge is -2.36. The summed E-state index contributed by atoms with van der Waals surface area (Å²) in [5.74, 6) is -0.928. The van der Waals surface area contributed by atoms with E-state index in [2.05, 4.69) is 31.9 Å². The lowest BCUT2D eigenvalue weighted by molar-refractivity contribution is -0.153. The van der Waals surface area contributed by atoms with Gasteiger partial charge in [0.2, 0.25) is 0 Å². The molecule has 0 radical (unpaired) electrons. The number of amides is 1. The number of benzene rings is 1. The van der Waals surface area contributed by atoms with E-state index < -0.39 is 11.9 Å². The molecule has 1 fully saturated rings. The van der Waals surface area contributed by atoms with E-state index in [-0.39, 0.29) is 25.6 Å². The van der Waals surface area contributed by atoms with Crippen molar-refractivity contribution in [1.82, 2.24) is 4.90 Å². The lowest BCUT2D eigenvalue weighted by atomic mass is 10.0. The largest absolute Gasteiger partial charge is 0.483 e. The van der Waals surface area contributed by atoms with Crippen LogP contribution in [0.1, 0.15) is 0 Å². The Hall–Kier alpha value is -1.08. The predicted octanol–water partition coefficient (Wildman–Crippen LogP) is 2.13. The van der Waals surface area contributed by atoms with E-state index in [1.54, 1.807) is 6.07 Å². The minimum absolute atomic E-state index is 0.0907. The van der Waals surface area contributed by atoms with Gasteiger partial charge in [-0.25, -0.2) is 0 Å².